The highest BCUT2D eigenvalue weighted by Gasteiger charge is 2.42. The molecule has 0 atom stereocenters. The summed E-state index contributed by atoms with van der Waals surface area (Å²) < 4.78 is 0. The third-order valence-corrected chi connectivity index (χ3v) is 6.18. The van der Waals surface area contributed by atoms with Crippen LogP contribution in [0.3, 0.4) is 0 Å². The van der Waals surface area contributed by atoms with Crippen LogP contribution in [0, 0.1) is 13.8 Å². The van der Waals surface area contributed by atoms with Crippen LogP contribution >= 0.6 is 0 Å². The van der Waals surface area contributed by atoms with Gasteiger partial charge < -0.3 is 4.90 Å². The van der Waals surface area contributed by atoms with Crippen molar-refractivity contribution < 1.29 is 9.59 Å². The summed E-state index contributed by atoms with van der Waals surface area (Å²) in [6, 6.07) is 16.6. The molecule has 2 aliphatic heterocycles. The first-order valence-corrected chi connectivity index (χ1v) is 11.2. The lowest BCUT2D eigenvalue weighted by Gasteiger charge is -2.36. The normalized spacial score (nSPS) is 17.8. The number of carbonyl (C=O) groups is 2. The molecule has 0 aliphatic carbocycles. The van der Waals surface area contributed by atoms with Gasteiger partial charge in [0, 0.05) is 39.3 Å². The predicted molar refractivity (Wildman–Crippen MR) is 123 cm³/mol. The molecule has 2 aromatic rings. The van der Waals surface area contributed by atoms with Gasteiger partial charge in [-0.3, -0.25) is 19.4 Å². The van der Waals surface area contributed by atoms with Crippen molar-refractivity contribution in [1.82, 2.24) is 14.7 Å². The molecule has 0 aromatic heterocycles. The molecule has 31 heavy (non-hydrogen) atoms. The Kier molecular flexibility index (Phi) is 6.23. The van der Waals surface area contributed by atoms with Crippen molar-refractivity contribution in [2.45, 2.75) is 33.7 Å². The lowest BCUT2D eigenvalue weighted by molar-refractivity contribution is -0.137. The molecule has 4 rings (SSSR count). The van der Waals surface area contributed by atoms with E-state index in [0.29, 0.717) is 17.8 Å². The van der Waals surface area contributed by atoms with E-state index < -0.39 is 0 Å². The first-order valence-electron chi connectivity index (χ1n) is 11.2. The summed E-state index contributed by atoms with van der Waals surface area (Å²) in [5.74, 6) is -0.293. The largest absolute Gasteiger partial charge is 0.364 e. The topological polar surface area (TPSA) is 43.9 Å². The monoisotopic (exact) mass is 417 g/mol. The van der Waals surface area contributed by atoms with E-state index in [1.165, 1.54) is 10.5 Å². The highest BCUT2D eigenvalue weighted by Crippen LogP contribution is 2.34. The molecule has 2 aromatic carbocycles. The number of piperazine rings is 1. The number of nitrogens with zero attached hydrogens (tertiary/aromatic N) is 3. The van der Waals surface area contributed by atoms with Crippen molar-refractivity contribution in [3.05, 3.63) is 76.5 Å². The summed E-state index contributed by atoms with van der Waals surface area (Å²) in [6.45, 7) is 10.7. The quantitative estimate of drug-likeness (QED) is 0.674. The Labute approximate surface area is 184 Å². The standard InChI is InChI=1S/C26H31N3O2/c1-4-12-29-25(30)23(22-11-10-19(2)17-20(22)3)24(26(29)31)28-15-13-27(14-16-28)18-21-8-6-5-7-9-21/h5-11,17H,4,12-16,18H2,1-3H3. The number of carbonyl (C=O) groups excluding carboxylic acids is 2. The maximum Gasteiger partial charge on any atom is 0.277 e. The number of aryl methyl sites for hydroxylation is 2. The van der Waals surface area contributed by atoms with E-state index in [4.69, 9.17) is 0 Å². The van der Waals surface area contributed by atoms with Crippen molar-refractivity contribution in [3.8, 4) is 0 Å². The second-order valence-corrected chi connectivity index (χ2v) is 8.55. The van der Waals surface area contributed by atoms with Crippen LogP contribution in [0.2, 0.25) is 0 Å². The number of hydrogen-bond donors (Lipinski definition) is 0. The lowest BCUT2D eigenvalue weighted by atomic mass is 9.97. The highest BCUT2D eigenvalue weighted by atomic mass is 16.2. The van der Waals surface area contributed by atoms with Gasteiger partial charge in [-0.15, -0.1) is 0 Å². The number of rotatable bonds is 6. The van der Waals surface area contributed by atoms with Gasteiger partial charge in [-0.1, -0.05) is 61.0 Å². The van der Waals surface area contributed by atoms with Gasteiger partial charge in [0.05, 0.1) is 5.57 Å². The van der Waals surface area contributed by atoms with Gasteiger partial charge in [0.25, 0.3) is 11.8 Å². The summed E-state index contributed by atoms with van der Waals surface area (Å²) in [6.07, 6.45) is 0.760. The Morgan fingerprint density at radius 3 is 2.23 bits per heavy atom. The molecule has 2 heterocycles. The molecule has 0 radical (unpaired) electrons. The number of benzene rings is 2. The fraction of sp³-hybridized carbons (Fsp3) is 0.385. The van der Waals surface area contributed by atoms with Crippen molar-refractivity contribution in [2.75, 3.05) is 32.7 Å². The molecule has 1 saturated heterocycles. The maximum absolute atomic E-state index is 13.3. The molecule has 0 unspecified atom stereocenters. The Hall–Kier alpha value is -2.92. The van der Waals surface area contributed by atoms with E-state index in [9.17, 15) is 9.59 Å². The third kappa shape index (κ3) is 4.28. The summed E-state index contributed by atoms with van der Waals surface area (Å²) in [7, 11) is 0. The second kappa shape index (κ2) is 9.06. The molecule has 0 bridgehead atoms. The van der Waals surface area contributed by atoms with Gasteiger partial charge in [-0.2, -0.15) is 0 Å². The van der Waals surface area contributed by atoms with Crippen molar-refractivity contribution in [1.29, 1.82) is 0 Å². The average Bonchev–Trinajstić information content (AvgIpc) is 3.00. The van der Waals surface area contributed by atoms with Crippen LogP contribution in [0.5, 0.6) is 0 Å². The highest BCUT2D eigenvalue weighted by molar-refractivity contribution is 6.35. The molecule has 1 fully saturated rings. The smallest absolute Gasteiger partial charge is 0.277 e. The number of hydrogen-bond acceptors (Lipinski definition) is 4. The Balaban J connectivity index is 1.61. The zero-order valence-corrected chi connectivity index (χ0v) is 18.7. The van der Waals surface area contributed by atoms with Crippen LogP contribution in [-0.2, 0) is 16.1 Å². The molecule has 2 amide bonds. The first-order chi connectivity index (χ1) is 15.0. The van der Waals surface area contributed by atoms with Gasteiger partial charge in [-0.25, -0.2) is 0 Å². The second-order valence-electron chi connectivity index (χ2n) is 8.55. The molecule has 2 aliphatic rings. The SMILES string of the molecule is CCCN1C(=O)C(c2ccc(C)cc2C)=C(N2CCN(Cc3ccccc3)CC2)C1=O. The number of amides is 2. The molecule has 5 heteroatoms. The molecule has 5 nitrogen and oxygen atoms in total. The minimum atomic E-state index is -0.152. The zero-order valence-electron chi connectivity index (χ0n) is 18.7. The van der Waals surface area contributed by atoms with E-state index in [1.807, 2.05) is 39.0 Å². The van der Waals surface area contributed by atoms with Crippen LogP contribution in [0.15, 0.2) is 54.2 Å². The number of imide groups is 1. The molecular formula is C26H31N3O2. The van der Waals surface area contributed by atoms with Gasteiger partial charge in [0.15, 0.2) is 0 Å². The lowest BCUT2D eigenvalue weighted by Crippen LogP contribution is -2.47. The van der Waals surface area contributed by atoms with Crippen LogP contribution < -0.4 is 0 Å². The van der Waals surface area contributed by atoms with Crippen LogP contribution in [0.4, 0.5) is 0 Å². The van der Waals surface area contributed by atoms with Gasteiger partial charge in [0.1, 0.15) is 5.70 Å². The van der Waals surface area contributed by atoms with E-state index >= 15 is 0 Å². The predicted octanol–water partition coefficient (Wildman–Crippen LogP) is 3.61. The Morgan fingerprint density at radius 2 is 1.58 bits per heavy atom. The third-order valence-electron chi connectivity index (χ3n) is 6.18. The Morgan fingerprint density at radius 1 is 0.871 bits per heavy atom. The van der Waals surface area contributed by atoms with E-state index in [-0.39, 0.29) is 11.8 Å². The summed E-state index contributed by atoms with van der Waals surface area (Å²) >= 11 is 0. The Bertz CT molecular complexity index is 1000. The minimum absolute atomic E-state index is 0.140. The molecule has 162 valence electrons. The summed E-state index contributed by atoms with van der Waals surface area (Å²) in [5.41, 5.74) is 5.53. The van der Waals surface area contributed by atoms with E-state index in [1.54, 1.807) is 0 Å². The molecule has 0 spiro atoms. The van der Waals surface area contributed by atoms with Crippen molar-refractivity contribution >= 4 is 17.4 Å². The van der Waals surface area contributed by atoms with Crippen LogP contribution in [0.25, 0.3) is 5.57 Å². The molecule has 0 saturated carbocycles. The molecule has 0 N–H and O–H groups in total. The van der Waals surface area contributed by atoms with Gasteiger partial charge in [0.2, 0.25) is 0 Å². The van der Waals surface area contributed by atoms with Gasteiger partial charge in [-0.05, 0) is 37.0 Å². The minimum Gasteiger partial charge on any atom is -0.364 e. The van der Waals surface area contributed by atoms with Crippen molar-refractivity contribution in [2.24, 2.45) is 0 Å². The van der Waals surface area contributed by atoms with Crippen LogP contribution in [0.1, 0.15) is 35.6 Å². The fourth-order valence-corrected chi connectivity index (χ4v) is 4.59. The van der Waals surface area contributed by atoms with E-state index in [0.717, 1.165) is 55.8 Å². The molecular weight excluding hydrogens is 386 g/mol. The van der Waals surface area contributed by atoms with Crippen molar-refractivity contribution in [3.63, 3.8) is 0 Å². The first kappa shape index (κ1) is 21.3. The summed E-state index contributed by atoms with van der Waals surface area (Å²) in [5, 5.41) is 0. The van der Waals surface area contributed by atoms with Gasteiger partial charge >= 0.3 is 0 Å². The zero-order chi connectivity index (χ0) is 22.0. The average molecular weight is 418 g/mol. The summed E-state index contributed by atoms with van der Waals surface area (Å²) in [4.78, 5) is 32.6. The fourth-order valence-electron chi connectivity index (χ4n) is 4.59. The van der Waals surface area contributed by atoms with Crippen LogP contribution in [-0.4, -0.2) is 59.2 Å². The van der Waals surface area contributed by atoms with E-state index in [2.05, 4.69) is 40.1 Å². The maximum atomic E-state index is 13.3.